The number of benzene rings is 1. The number of methoxy groups -OCH3 is 2. The summed E-state index contributed by atoms with van der Waals surface area (Å²) in [5.74, 6) is 0.759. The van der Waals surface area contributed by atoms with Gasteiger partial charge in [-0.2, -0.15) is 0 Å². The van der Waals surface area contributed by atoms with Crippen molar-refractivity contribution in [3.05, 3.63) is 23.8 Å². The molecule has 1 aliphatic rings. The Labute approximate surface area is 117 Å². The van der Waals surface area contributed by atoms with E-state index < -0.39 is 0 Å². The molecule has 108 valence electrons. The SMILES string of the molecule is COc1ccc(CN2C(=O)CNC(C)C2=O)cc1OC. The van der Waals surface area contributed by atoms with Crippen molar-refractivity contribution in [2.45, 2.75) is 19.5 Å². The molecule has 0 saturated carbocycles. The van der Waals surface area contributed by atoms with Gasteiger partial charge in [0.25, 0.3) is 0 Å². The molecule has 1 unspecified atom stereocenters. The van der Waals surface area contributed by atoms with Gasteiger partial charge < -0.3 is 9.47 Å². The van der Waals surface area contributed by atoms with Gasteiger partial charge in [0.1, 0.15) is 0 Å². The summed E-state index contributed by atoms with van der Waals surface area (Å²) in [6.45, 7) is 2.17. The molecule has 6 nitrogen and oxygen atoms in total. The highest BCUT2D eigenvalue weighted by molar-refractivity contribution is 6.00. The van der Waals surface area contributed by atoms with Crippen molar-refractivity contribution in [1.82, 2.24) is 10.2 Å². The first-order valence-electron chi connectivity index (χ1n) is 6.35. The molecule has 0 aliphatic carbocycles. The van der Waals surface area contributed by atoms with E-state index in [0.717, 1.165) is 5.56 Å². The van der Waals surface area contributed by atoms with Crippen LogP contribution >= 0.6 is 0 Å². The monoisotopic (exact) mass is 278 g/mol. The van der Waals surface area contributed by atoms with E-state index in [-0.39, 0.29) is 30.9 Å². The largest absolute Gasteiger partial charge is 0.493 e. The first-order chi connectivity index (χ1) is 9.56. The summed E-state index contributed by atoms with van der Waals surface area (Å²) >= 11 is 0. The number of rotatable bonds is 4. The van der Waals surface area contributed by atoms with E-state index in [4.69, 9.17) is 9.47 Å². The van der Waals surface area contributed by atoms with E-state index in [1.54, 1.807) is 33.3 Å². The van der Waals surface area contributed by atoms with Gasteiger partial charge in [-0.15, -0.1) is 0 Å². The number of carbonyl (C=O) groups excluding carboxylic acids is 2. The molecule has 2 amide bonds. The van der Waals surface area contributed by atoms with E-state index in [2.05, 4.69) is 5.32 Å². The minimum Gasteiger partial charge on any atom is -0.493 e. The van der Waals surface area contributed by atoms with E-state index in [1.165, 1.54) is 4.90 Å². The van der Waals surface area contributed by atoms with E-state index >= 15 is 0 Å². The van der Waals surface area contributed by atoms with Crippen LogP contribution in [-0.4, -0.2) is 43.5 Å². The average molecular weight is 278 g/mol. The molecule has 1 saturated heterocycles. The van der Waals surface area contributed by atoms with Crippen molar-refractivity contribution < 1.29 is 19.1 Å². The van der Waals surface area contributed by atoms with Gasteiger partial charge in [0.15, 0.2) is 11.5 Å². The van der Waals surface area contributed by atoms with Crippen LogP contribution < -0.4 is 14.8 Å². The van der Waals surface area contributed by atoms with Gasteiger partial charge >= 0.3 is 0 Å². The standard InChI is InChI=1S/C14H18N2O4/c1-9-14(18)16(13(17)7-15-9)8-10-4-5-11(19-2)12(6-10)20-3/h4-6,9,15H,7-8H2,1-3H3. The Bertz CT molecular complexity index is 530. The van der Waals surface area contributed by atoms with E-state index in [9.17, 15) is 9.59 Å². The fourth-order valence-corrected chi connectivity index (χ4v) is 2.11. The van der Waals surface area contributed by atoms with Gasteiger partial charge in [-0.25, -0.2) is 0 Å². The highest BCUT2D eigenvalue weighted by Gasteiger charge is 2.31. The quantitative estimate of drug-likeness (QED) is 0.815. The second-order valence-corrected chi connectivity index (χ2v) is 4.61. The van der Waals surface area contributed by atoms with Crippen LogP contribution in [0.3, 0.4) is 0 Å². The molecular formula is C14H18N2O4. The molecular weight excluding hydrogens is 260 g/mol. The van der Waals surface area contributed by atoms with Crippen LogP contribution in [0.2, 0.25) is 0 Å². The molecule has 0 aromatic heterocycles. The van der Waals surface area contributed by atoms with Crippen molar-refractivity contribution >= 4 is 11.8 Å². The molecule has 1 N–H and O–H groups in total. The van der Waals surface area contributed by atoms with Crippen LogP contribution in [-0.2, 0) is 16.1 Å². The zero-order valence-electron chi connectivity index (χ0n) is 11.8. The van der Waals surface area contributed by atoms with Gasteiger partial charge in [0.2, 0.25) is 11.8 Å². The van der Waals surface area contributed by atoms with E-state index in [0.29, 0.717) is 11.5 Å². The van der Waals surface area contributed by atoms with Gasteiger partial charge in [-0.3, -0.25) is 19.8 Å². The second-order valence-electron chi connectivity index (χ2n) is 4.61. The lowest BCUT2D eigenvalue weighted by molar-refractivity contribution is -0.149. The van der Waals surface area contributed by atoms with Gasteiger partial charge in [0, 0.05) is 0 Å². The van der Waals surface area contributed by atoms with Crippen molar-refractivity contribution in [1.29, 1.82) is 0 Å². The number of carbonyl (C=O) groups is 2. The highest BCUT2D eigenvalue weighted by Crippen LogP contribution is 2.28. The summed E-state index contributed by atoms with van der Waals surface area (Å²) in [6, 6.07) is 5.00. The van der Waals surface area contributed by atoms with Crippen LogP contribution in [0.4, 0.5) is 0 Å². The minimum absolute atomic E-state index is 0.181. The Morgan fingerprint density at radius 2 is 1.95 bits per heavy atom. The van der Waals surface area contributed by atoms with Crippen LogP contribution in [0.15, 0.2) is 18.2 Å². The fourth-order valence-electron chi connectivity index (χ4n) is 2.11. The van der Waals surface area contributed by atoms with E-state index in [1.807, 2.05) is 6.07 Å². The molecule has 0 spiro atoms. The number of imide groups is 1. The highest BCUT2D eigenvalue weighted by atomic mass is 16.5. The third-order valence-electron chi connectivity index (χ3n) is 3.29. The second kappa shape index (κ2) is 5.92. The van der Waals surface area contributed by atoms with Crippen LogP contribution in [0, 0.1) is 0 Å². The Morgan fingerprint density at radius 1 is 1.25 bits per heavy atom. The lowest BCUT2D eigenvalue weighted by atomic mass is 10.1. The number of nitrogens with zero attached hydrogens (tertiary/aromatic N) is 1. The molecule has 1 aromatic carbocycles. The van der Waals surface area contributed by atoms with Crippen LogP contribution in [0.5, 0.6) is 11.5 Å². The first-order valence-corrected chi connectivity index (χ1v) is 6.35. The molecule has 1 fully saturated rings. The number of hydrogen-bond donors (Lipinski definition) is 1. The van der Waals surface area contributed by atoms with Crippen molar-refractivity contribution in [3.63, 3.8) is 0 Å². The smallest absolute Gasteiger partial charge is 0.246 e. The van der Waals surface area contributed by atoms with Crippen molar-refractivity contribution in [3.8, 4) is 11.5 Å². The maximum Gasteiger partial charge on any atom is 0.246 e. The molecule has 2 rings (SSSR count). The lowest BCUT2D eigenvalue weighted by Crippen LogP contribution is -2.56. The topological polar surface area (TPSA) is 67.9 Å². The normalized spacial score (nSPS) is 19.1. The summed E-state index contributed by atoms with van der Waals surface area (Å²) in [6.07, 6.45) is 0. The predicted molar refractivity (Wildman–Crippen MR) is 72.6 cm³/mol. The molecule has 0 bridgehead atoms. The van der Waals surface area contributed by atoms with Crippen LogP contribution in [0.1, 0.15) is 12.5 Å². The Morgan fingerprint density at radius 3 is 2.60 bits per heavy atom. The summed E-state index contributed by atoms with van der Waals surface area (Å²) in [5.41, 5.74) is 0.818. The summed E-state index contributed by atoms with van der Waals surface area (Å²) < 4.78 is 10.4. The summed E-state index contributed by atoms with van der Waals surface area (Å²) in [7, 11) is 3.10. The molecule has 1 heterocycles. The maximum atomic E-state index is 12.0. The zero-order chi connectivity index (χ0) is 14.7. The Hall–Kier alpha value is -2.08. The van der Waals surface area contributed by atoms with Crippen molar-refractivity contribution in [2.75, 3.05) is 20.8 Å². The molecule has 1 aliphatic heterocycles. The lowest BCUT2D eigenvalue weighted by Gasteiger charge is -2.29. The number of piperazine rings is 1. The first kappa shape index (κ1) is 14.3. The van der Waals surface area contributed by atoms with Gasteiger partial charge in [0.05, 0.1) is 33.4 Å². The molecule has 1 atom stereocenters. The van der Waals surface area contributed by atoms with Crippen molar-refractivity contribution in [2.24, 2.45) is 0 Å². The maximum absolute atomic E-state index is 12.0. The fraction of sp³-hybridized carbons (Fsp3) is 0.429. The number of hydrogen-bond acceptors (Lipinski definition) is 5. The van der Waals surface area contributed by atoms with Gasteiger partial charge in [-0.1, -0.05) is 6.07 Å². The van der Waals surface area contributed by atoms with Gasteiger partial charge in [-0.05, 0) is 24.6 Å². The minimum atomic E-state index is -0.340. The Kier molecular flexibility index (Phi) is 4.24. The summed E-state index contributed by atoms with van der Waals surface area (Å²) in [4.78, 5) is 25.1. The predicted octanol–water partition coefficient (Wildman–Crippen LogP) is 0.551. The third kappa shape index (κ3) is 2.75. The third-order valence-corrected chi connectivity index (χ3v) is 3.29. The molecule has 1 aromatic rings. The molecule has 20 heavy (non-hydrogen) atoms. The number of amides is 2. The molecule has 0 radical (unpaired) electrons. The number of nitrogens with one attached hydrogen (secondary N) is 1. The van der Waals surface area contributed by atoms with Crippen LogP contribution in [0.25, 0.3) is 0 Å². The summed E-state index contributed by atoms with van der Waals surface area (Å²) in [5, 5.41) is 2.85. The molecule has 6 heteroatoms. The number of ether oxygens (including phenoxy) is 2. The zero-order valence-corrected chi connectivity index (χ0v) is 11.8. The average Bonchev–Trinajstić information content (AvgIpc) is 2.47. The Balaban J connectivity index is 2.20.